The number of hydrogen-bond donors (Lipinski definition) is 2. The number of unbranched alkanes of at least 4 members (excludes halogenated alkanes) is 2. The highest BCUT2D eigenvalue weighted by molar-refractivity contribution is 6.46. The van der Waals surface area contributed by atoms with E-state index < -0.39 is 17.7 Å². The SMILES string of the molecule is CCCCCN1C(=O)C(=O)/C(=C(/O)c2cc(C(C)(C)C)ccc2C)C1c1c[nH]c2ccccc12. The second kappa shape index (κ2) is 9.13. The Bertz CT molecular complexity index is 1280. The van der Waals surface area contributed by atoms with E-state index in [-0.39, 0.29) is 16.7 Å². The molecule has 0 aliphatic carbocycles. The van der Waals surface area contributed by atoms with E-state index in [9.17, 15) is 14.7 Å². The number of likely N-dealkylation sites (tertiary alicyclic amines) is 1. The summed E-state index contributed by atoms with van der Waals surface area (Å²) in [5, 5.41) is 12.5. The van der Waals surface area contributed by atoms with Crippen molar-refractivity contribution in [1.29, 1.82) is 0 Å². The van der Waals surface area contributed by atoms with Gasteiger partial charge in [-0.15, -0.1) is 0 Å². The molecular formula is C29H34N2O3. The lowest BCUT2D eigenvalue weighted by Gasteiger charge is -2.25. The first-order valence-corrected chi connectivity index (χ1v) is 12.1. The van der Waals surface area contributed by atoms with Crippen molar-refractivity contribution < 1.29 is 14.7 Å². The Hall–Kier alpha value is -3.34. The Labute approximate surface area is 201 Å². The quantitative estimate of drug-likeness (QED) is 0.195. The molecule has 0 spiro atoms. The second-order valence-corrected chi connectivity index (χ2v) is 10.3. The summed E-state index contributed by atoms with van der Waals surface area (Å²) in [6.07, 6.45) is 4.65. The molecule has 0 radical (unpaired) electrons. The van der Waals surface area contributed by atoms with Gasteiger partial charge < -0.3 is 15.0 Å². The predicted octanol–water partition coefficient (Wildman–Crippen LogP) is 6.39. The average molecular weight is 459 g/mol. The smallest absolute Gasteiger partial charge is 0.295 e. The molecule has 4 rings (SSSR count). The minimum Gasteiger partial charge on any atom is -0.507 e. The van der Waals surface area contributed by atoms with Crippen molar-refractivity contribution in [2.75, 3.05) is 6.54 Å². The summed E-state index contributed by atoms with van der Waals surface area (Å²) in [5.41, 5.74) is 4.33. The molecule has 1 atom stereocenters. The standard InChI is InChI=1S/C29H34N2O3/c1-6-7-10-15-31-25(22-17-30-23-12-9-8-11-20(22)23)24(27(33)28(31)34)26(32)21-16-19(29(3,4)5)14-13-18(21)2/h8-9,11-14,16-17,25,30,32H,6-7,10,15H2,1-5H3/b26-24+. The first-order chi connectivity index (χ1) is 16.1. The maximum atomic E-state index is 13.4. The third-order valence-corrected chi connectivity index (χ3v) is 6.82. The van der Waals surface area contributed by atoms with Crippen molar-refractivity contribution in [3.05, 3.63) is 76.5 Å². The Morgan fingerprint density at radius 3 is 2.53 bits per heavy atom. The predicted molar refractivity (Wildman–Crippen MR) is 137 cm³/mol. The van der Waals surface area contributed by atoms with E-state index in [4.69, 9.17) is 0 Å². The van der Waals surface area contributed by atoms with Gasteiger partial charge >= 0.3 is 0 Å². The number of nitrogens with zero attached hydrogens (tertiary/aromatic N) is 1. The molecule has 1 aromatic heterocycles. The summed E-state index contributed by atoms with van der Waals surface area (Å²) in [5.74, 6) is -1.27. The number of hydrogen-bond acceptors (Lipinski definition) is 3. The van der Waals surface area contributed by atoms with E-state index in [0.717, 1.165) is 46.9 Å². The van der Waals surface area contributed by atoms with Gasteiger partial charge in [0.2, 0.25) is 0 Å². The molecule has 1 fully saturated rings. The number of benzene rings is 2. The van der Waals surface area contributed by atoms with Gasteiger partial charge in [-0.2, -0.15) is 0 Å². The molecule has 2 aromatic carbocycles. The summed E-state index contributed by atoms with van der Waals surface area (Å²) in [7, 11) is 0. The normalized spacial score (nSPS) is 18.3. The van der Waals surface area contributed by atoms with Crippen LogP contribution in [0.25, 0.3) is 16.7 Å². The Morgan fingerprint density at radius 2 is 1.82 bits per heavy atom. The molecule has 1 aliphatic heterocycles. The van der Waals surface area contributed by atoms with Gasteiger partial charge in [-0.05, 0) is 42.0 Å². The molecule has 3 aromatic rings. The number of carbonyl (C=O) groups excluding carboxylic acids is 2. The lowest BCUT2D eigenvalue weighted by atomic mass is 9.84. The summed E-state index contributed by atoms with van der Waals surface area (Å²) >= 11 is 0. The van der Waals surface area contributed by atoms with Crippen molar-refractivity contribution in [3.63, 3.8) is 0 Å². The molecule has 1 unspecified atom stereocenters. The van der Waals surface area contributed by atoms with E-state index in [1.54, 1.807) is 4.90 Å². The van der Waals surface area contributed by atoms with Crippen LogP contribution in [-0.4, -0.2) is 33.2 Å². The molecule has 1 saturated heterocycles. The zero-order chi connectivity index (χ0) is 24.6. The molecule has 0 bridgehead atoms. The van der Waals surface area contributed by atoms with E-state index in [1.165, 1.54) is 0 Å². The molecule has 34 heavy (non-hydrogen) atoms. The van der Waals surface area contributed by atoms with E-state index in [1.807, 2.05) is 55.6 Å². The fourth-order valence-electron chi connectivity index (χ4n) is 4.78. The van der Waals surface area contributed by atoms with Crippen molar-refractivity contribution in [2.45, 2.75) is 65.3 Å². The second-order valence-electron chi connectivity index (χ2n) is 10.3. The van der Waals surface area contributed by atoms with Crippen LogP contribution in [-0.2, 0) is 15.0 Å². The molecule has 178 valence electrons. The average Bonchev–Trinajstić information content (AvgIpc) is 3.32. The van der Waals surface area contributed by atoms with Crippen LogP contribution in [0.5, 0.6) is 0 Å². The number of ketones is 1. The summed E-state index contributed by atoms with van der Waals surface area (Å²) in [4.78, 5) is 31.5. The topological polar surface area (TPSA) is 73.4 Å². The first kappa shape index (κ1) is 23.8. The number of carbonyl (C=O) groups is 2. The highest BCUT2D eigenvalue weighted by Gasteiger charge is 2.46. The van der Waals surface area contributed by atoms with Crippen LogP contribution in [0.1, 0.15) is 75.3 Å². The van der Waals surface area contributed by atoms with Gasteiger partial charge in [-0.25, -0.2) is 0 Å². The number of aliphatic hydroxyl groups is 1. The maximum Gasteiger partial charge on any atom is 0.295 e. The van der Waals surface area contributed by atoms with Crippen LogP contribution in [0.15, 0.2) is 54.2 Å². The van der Waals surface area contributed by atoms with Crippen molar-refractivity contribution in [3.8, 4) is 0 Å². The largest absolute Gasteiger partial charge is 0.507 e. The van der Waals surface area contributed by atoms with Gasteiger partial charge in [0.25, 0.3) is 11.7 Å². The highest BCUT2D eigenvalue weighted by atomic mass is 16.3. The first-order valence-electron chi connectivity index (χ1n) is 12.1. The van der Waals surface area contributed by atoms with Crippen molar-refractivity contribution in [2.24, 2.45) is 0 Å². The molecule has 2 N–H and O–H groups in total. The van der Waals surface area contributed by atoms with Gasteiger partial charge in [-0.3, -0.25) is 9.59 Å². The minimum absolute atomic E-state index is 0.102. The lowest BCUT2D eigenvalue weighted by Crippen LogP contribution is -2.30. The fraction of sp³-hybridized carbons (Fsp3) is 0.379. The number of aromatic nitrogens is 1. The molecule has 5 nitrogen and oxygen atoms in total. The van der Waals surface area contributed by atoms with Crippen LogP contribution in [0.4, 0.5) is 0 Å². The van der Waals surface area contributed by atoms with Crippen LogP contribution in [0.3, 0.4) is 0 Å². The van der Waals surface area contributed by atoms with Crippen LogP contribution >= 0.6 is 0 Å². The molecule has 1 aliphatic rings. The lowest BCUT2D eigenvalue weighted by molar-refractivity contribution is -0.139. The molecule has 5 heteroatoms. The number of rotatable bonds is 6. The third-order valence-electron chi connectivity index (χ3n) is 6.82. The van der Waals surface area contributed by atoms with Crippen LogP contribution in [0, 0.1) is 6.92 Å². The molecule has 2 heterocycles. The number of para-hydroxylation sites is 1. The Morgan fingerprint density at radius 1 is 1.09 bits per heavy atom. The number of aliphatic hydroxyl groups excluding tert-OH is 1. The van der Waals surface area contributed by atoms with E-state index >= 15 is 0 Å². The van der Waals surface area contributed by atoms with Crippen LogP contribution < -0.4 is 0 Å². The van der Waals surface area contributed by atoms with Crippen molar-refractivity contribution >= 4 is 28.4 Å². The van der Waals surface area contributed by atoms with Gasteiger partial charge in [0.1, 0.15) is 5.76 Å². The molecular weight excluding hydrogens is 424 g/mol. The number of nitrogens with one attached hydrogen (secondary N) is 1. The summed E-state index contributed by atoms with van der Waals surface area (Å²) < 4.78 is 0. The number of aromatic amines is 1. The van der Waals surface area contributed by atoms with E-state index in [2.05, 4.69) is 32.7 Å². The van der Waals surface area contributed by atoms with E-state index in [0.29, 0.717) is 12.1 Å². The summed E-state index contributed by atoms with van der Waals surface area (Å²) in [6, 6.07) is 13.2. The van der Waals surface area contributed by atoms with Crippen molar-refractivity contribution in [1.82, 2.24) is 9.88 Å². The number of amides is 1. The summed E-state index contributed by atoms with van der Waals surface area (Å²) in [6.45, 7) is 10.8. The number of H-pyrrole nitrogens is 1. The van der Waals surface area contributed by atoms with Gasteiger partial charge in [0.05, 0.1) is 11.6 Å². The molecule has 0 saturated carbocycles. The third kappa shape index (κ3) is 4.15. The van der Waals surface area contributed by atoms with Gasteiger partial charge in [-0.1, -0.05) is 70.9 Å². The fourth-order valence-corrected chi connectivity index (χ4v) is 4.78. The number of aryl methyl sites for hydroxylation is 1. The van der Waals surface area contributed by atoms with Gasteiger partial charge in [0.15, 0.2) is 0 Å². The maximum absolute atomic E-state index is 13.4. The zero-order valence-corrected chi connectivity index (χ0v) is 20.7. The number of fused-ring (bicyclic) bond motifs is 1. The van der Waals surface area contributed by atoms with Crippen LogP contribution in [0.2, 0.25) is 0 Å². The number of Topliss-reactive ketones (excluding diaryl/α,β-unsaturated/α-hetero) is 1. The Balaban J connectivity index is 1.93. The monoisotopic (exact) mass is 458 g/mol. The Kier molecular flexibility index (Phi) is 6.39. The minimum atomic E-state index is -0.634. The zero-order valence-electron chi connectivity index (χ0n) is 20.7. The molecule has 1 amide bonds. The highest BCUT2D eigenvalue weighted by Crippen LogP contribution is 2.42. The van der Waals surface area contributed by atoms with Gasteiger partial charge in [0, 0.05) is 34.8 Å².